The Kier molecular flexibility index (Phi) is 5.20. The number of rotatable bonds is 7. The van der Waals surface area contributed by atoms with Crippen LogP contribution in [0.3, 0.4) is 0 Å². The summed E-state index contributed by atoms with van der Waals surface area (Å²) >= 11 is 0. The van der Waals surface area contributed by atoms with Crippen LogP contribution >= 0.6 is 0 Å². The van der Waals surface area contributed by atoms with E-state index in [9.17, 15) is 9.90 Å². The number of aromatic nitrogens is 2. The van der Waals surface area contributed by atoms with Gasteiger partial charge in [-0.1, -0.05) is 12.1 Å². The molecular formula is C15H19N3O3. The Morgan fingerprint density at radius 3 is 2.95 bits per heavy atom. The van der Waals surface area contributed by atoms with Crippen molar-refractivity contribution in [2.75, 3.05) is 13.2 Å². The molecule has 2 rings (SSSR count). The van der Waals surface area contributed by atoms with Crippen LogP contribution in [-0.4, -0.2) is 34.4 Å². The highest BCUT2D eigenvalue weighted by atomic mass is 16.5. The van der Waals surface area contributed by atoms with E-state index in [4.69, 9.17) is 4.74 Å². The summed E-state index contributed by atoms with van der Waals surface area (Å²) < 4.78 is 5.24. The molecule has 0 aliphatic heterocycles. The Morgan fingerprint density at radius 1 is 1.43 bits per heavy atom. The number of aromatic hydroxyl groups is 1. The minimum atomic E-state index is -0.206. The number of para-hydroxylation sites is 2. The number of hydrogen-bond donors (Lipinski definition) is 3. The topological polar surface area (TPSA) is 87.2 Å². The number of aryl methyl sites for hydroxylation is 2. The van der Waals surface area contributed by atoms with Crippen molar-refractivity contribution in [1.82, 2.24) is 15.5 Å². The molecule has 0 atom stereocenters. The van der Waals surface area contributed by atoms with E-state index in [1.165, 1.54) is 6.07 Å². The molecule has 0 aliphatic rings. The van der Waals surface area contributed by atoms with Crippen LogP contribution in [-0.2, 0) is 11.2 Å². The predicted molar refractivity (Wildman–Crippen MR) is 78.3 cm³/mol. The van der Waals surface area contributed by atoms with Crippen molar-refractivity contribution in [2.45, 2.75) is 19.8 Å². The highest BCUT2D eigenvalue weighted by Gasteiger charge is 2.05. The van der Waals surface area contributed by atoms with E-state index in [1.54, 1.807) is 24.4 Å². The first-order valence-electron chi connectivity index (χ1n) is 6.83. The van der Waals surface area contributed by atoms with Crippen molar-refractivity contribution < 1.29 is 14.6 Å². The summed E-state index contributed by atoms with van der Waals surface area (Å²) in [5, 5.41) is 19.1. The third-order valence-corrected chi connectivity index (χ3v) is 3.10. The van der Waals surface area contributed by atoms with Crippen molar-refractivity contribution in [1.29, 1.82) is 0 Å². The molecule has 0 fully saturated rings. The van der Waals surface area contributed by atoms with E-state index in [0.29, 0.717) is 12.3 Å². The number of hydrogen-bond acceptors (Lipinski definition) is 4. The number of nitrogens with zero attached hydrogens (tertiary/aromatic N) is 1. The lowest BCUT2D eigenvalue weighted by molar-refractivity contribution is -0.123. The molecule has 0 unspecified atom stereocenters. The Balaban J connectivity index is 1.64. The summed E-state index contributed by atoms with van der Waals surface area (Å²) in [6.07, 6.45) is 3.50. The molecule has 0 spiro atoms. The van der Waals surface area contributed by atoms with Gasteiger partial charge in [0.2, 0.25) is 0 Å². The van der Waals surface area contributed by atoms with Gasteiger partial charge >= 0.3 is 0 Å². The average Bonchev–Trinajstić information content (AvgIpc) is 2.88. The molecule has 3 N–H and O–H groups in total. The molecule has 0 aliphatic carbocycles. The zero-order valence-corrected chi connectivity index (χ0v) is 11.9. The van der Waals surface area contributed by atoms with Gasteiger partial charge in [-0.15, -0.1) is 0 Å². The summed E-state index contributed by atoms with van der Waals surface area (Å²) in [6.45, 7) is 2.44. The van der Waals surface area contributed by atoms with Crippen molar-refractivity contribution >= 4 is 5.91 Å². The van der Waals surface area contributed by atoms with E-state index in [-0.39, 0.29) is 18.3 Å². The maximum absolute atomic E-state index is 11.6. The van der Waals surface area contributed by atoms with Crippen molar-refractivity contribution in [3.63, 3.8) is 0 Å². The van der Waals surface area contributed by atoms with Gasteiger partial charge < -0.3 is 15.2 Å². The first kappa shape index (κ1) is 14.9. The smallest absolute Gasteiger partial charge is 0.257 e. The standard InChI is InChI=1S/C15H19N3O3/c1-11-12(9-17-18-11)5-4-8-16-15(20)10-21-14-7-3-2-6-13(14)19/h2-3,6-7,9,19H,4-5,8,10H2,1H3,(H,16,20)(H,17,18). The third kappa shape index (κ3) is 4.52. The molecule has 0 saturated heterocycles. The quantitative estimate of drug-likeness (QED) is 0.675. The van der Waals surface area contributed by atoms with E-state index in [2.05, 4.69) is 15.5 Å². The fourth-order valence-corrected chi connectivity index (χ4v) is 1.91. The van der Waals surface area contributed by atoms with Crippen LogP contribution < -0.4 is 10.1 Å². The van der Waals surface area contributed by atoms with Crippen LogP contribution in [0, 0.1) is 6.92 Å². The zero-order chi connectivity index (χ0) is 15.1. The average molecular weight is 289 g/mol. The second kappa shape index (κ2) is 7.33. The number of phenols is 1. The SMILES string of the molecule is Cc1[nH]ncc1CCCNC(=O)COc1ccccc1O. The Bertz CT molecular complexity index is 595. The van der Waals surface area contributed by atoms with Gasteiger partial charge in [0, 0.05) is 12.2 Å². The number of benzene rings is 1. The largest absolute Gasteiger partial charge is 0.504 e. The minimum Gasteiger partial charge on any atom is -0.504 e. The molecule has 1 aromatic heterocycles. The van der Waals surface area contributed by atoms with Crippen LogP contribution in [0.25, 0.3) is 0 Å². The van der Waals surface area contributed by atoms with Crippen LogP contribution in [0.1, 0.15) is 17.7 Å². The highest BCUT2D eigenvalue weighted by molar-refractivity contribution is 5.77. The minimum absolute atomic E-state index is 0.0285. The molecule has 1 aromatic carbocycles. The predicted octanol–water partition coefficient (Wildman–Crippen LogP) is 1.55. The van der Waals surface area contributed by atoms with Gasteiger partial charge in [-0.25, -0.2) is 0 Å². The van der Waals surface area contributed by atoms with Gasteiger partial charge in [-0.3, -0.25) is 9.89 Å². The molecule has 0 bridgehead atoms. The molecular weight excluding hydrogens is 270 g/mol. The molecule has 1 heterocycles. The fraction of sp³-hybridized carbons (Fsp3) is 0.333. The third-order valence-electron chi connectivity index (χ3n) is 3.10. The van der Waals surface area contributed by atoms with Gasteiger partial charge in [0.25, 0.3) is 5.91 Å². The van der Waals surface area contributed by atoms with E-state index < -0.39 is 0 Å². The number of H-pyrrole nitrogens is 1. The Morgan fingerprint density at radius 2 is 2.24 bits per heavy atom. The first-order chi connectivity index (χ1) is 10.2. The van der Waals surface area contributed by atoms with E-state index >= 15 is 0 Å². The second-order valence-electron chi connectivity index (χ2n) is 4.73. The van der Waals surface area contributed by atoms with E-state index in [0.717, 1.165) is 24.1 Å². The zero-order valence-electron chi connectivity index (χ0n) is 11.9. The molecule has 6 nitrogen and oxygen atoms in total. The Labute approximate surface area is 123 Å². The number of phenolic OH excluding ortho intramolecular Hbond substituents is 1. The summed E-state index contributed by atoms with van der Waals surface area (Å²) in [5.74, 6) is 0.129. The molecule has 6 heteroatoms. The monoisotopic (exact) mass is 289 g/mol. The molecule has 2 aromatic rings. The van der Waals surface area contributed by atoms with E-state index in [1.807, 2.05) is 6.92 Å². The summed E-state index contributed by atoms with van der Waals surface area (Å²) in [6, 6.07) is 6.56. The summed E-state index contributed by atoms with van der Waals surface area (Å²) in [4.78, 5) is 11.6. The van der Waals surface area contributed by atoms with Crippen molar-refractivity contribution in [3.8, 4) is 11.5 Å². The Hall–Kier alpha value is -2.50. The highest BCUT2D eigenvalue weighted by Crippen LogP contribution is 2.23. The van der Waals surface area contributed by atoms with Crippen LogP contribution in [0.2, 0.25) is 0 Å². The maximum Gasteiger partial charge on any atom is 0.257 e. The first-order valence-corrected chi connectivity index (χ1v) is 6.83. The lowest BCUT2D eigenvalue weighted by atomic mass is 10.1. The van der Waals surface area contributed by atoms with Gasteiger partial charge in [-0.05, 0) is 37.5 Å². The summed E-state index contributed by atoms with van der Waals surface area (Å²) in [5.41, 5.74) is 2.22. The van der Waals surface area contributed by atoms with Crippen LogP contribution in [0.5, 0.6) is 11.5 Å². The molecule has 0 saturated carbocycles. The van der Waals surface area contributed by atoms with Crippen LogP contribution in [0.15, 0.2) is 30.5 Å². The van der Waals surface area contributed by atoms with Crippen molar-refractivity contribution in [2.24, 2.45) is 0 Å². The van der Waals surface area contributed by atoms with Gasteiger partial charge in [0.15, 0.2) is 18.1 Å². The molecule has 112 valence electrons. The number of carbonyl (C=O) groups is 1. The number of nitrogens with one attached hydrogen (secondary N) is 2. The normalized spacial score (nSPS) is 10.3. The maximum atomic E-state index is 11.6. The fourth-order valence-electron chi connectivity index (χ4n) is 1.91. The van der Waals surface area contributed by atoms with Crippen LogP contribution in [0.4, 0.5) is 0 Å². The number of ether oxygens (including phenoxy) is 1. The summed E-state index contributed by atoms with van der Waals surface area (Å²) in [7, 11) is 0. The lowest BCUT2D eigenvalue weighted by Crippen LogP contribution is -2.29. The second-order valence-corrected chi connectivity index (χ2v) is 4.73. The molecule has 0 radical (unpaired) electrons. The number of amides is 1. The molecule has 21 heavy (non-hydrogen) atoms. The number of aromatic amines is 1. The molecule has 1 amide bonds. The van der Waals surface area contributed by atoms with Gasteiger partial charge in [0.05, 0.1) is 6.20 Å². The van der Waals surface area contributed by atoms with Crippen molar-refractivity contribution in [3.05, 3.63) is 41.7 Å². The van der Waals surface area contributed by atoms with Gasteiger partial charge in [0.1, 0.15) is 0 Å². The number of carbonyl (C=O) groups excluding carboxylic acids is 1. The van der Waals surface area contributed by atoms with Gasteiger partial charge in [-0.2, -0.15) is 5.10 Å². The lowest BCUT2D eigenvalue weighted by Gasteiger charge is -2.08.